The van der Waals surface area contributed by atoms with Crippen LogP contribution in [0.1, 0.15) is 28.6 Å². The van der Waals surface area contributed by atoms with E-state index in [1.54, 1.807) is 22.7 Å². The zero-order valence-electron chi connectivity index (χ0n) is 12.5. The molecular weight excluding hydrogens is 314 g/mol. The van der Waals surface area contributed by atoms with Crippen LogP contribution >= 0.6 is 22.7 Å². The van der Waals surface area contributed by atoms with Gasteiger partial charge in [0.2, 0.25) is 5.91 Å². The summed E-state index contributed by atoms with van der Waals surface area (Å²) >= 11 is 3.26. The van der Waals surface area contributed by atoms with Gasteiger partial charge in [0.25, 0.3) is 0 Å². The third-order valence-corrected chi connectivity index (χ3v) is 5.44. The fourth-order valence-electron chi connectivity index (χ4n) is 2.17. The first kappa shape index (κ1) is 15.1. The first-order valence-electron chi connectivity index (χ1n) is 7.15. The maximum Gasteiger partial charge on any atom is 0.226 e. The first-order valence-corrected chi connectivity index (χ1v) is 8.84. The van der Waals surface area contributed by atoms with Gasteiger partial charge in [0.05, 0.1) is 32.3 Å². The third-order valence-electron chi connectivity index (χ3n) is 3.35. The molecule has 6 heteroatoms. The predicted octanol–water partition coefficient (Wildman–Crippen LogP) is 3.52. The van der Waals surface area contributed by atoms with Crippen molar-refractivity contribution in [3.8, 4) is 0 Å². The van der Waals surface area contributed by atoms with E-state index in [1.807, 2.05) is 30.5 Å². The highest BCUT2D eigenvalue weighted by Gasteiger charge is 2.13. The lowest BCUT2D eigenvalue weighted by Crippen LogP contribution is -2.28. The van der Waals surface area contributed by atoms with Crippen LogP contribution in [0.4, 0.5) is 0 Å². The lowest BCUT2D eigenvalue weighted by molar-refractivity contribution is -0.120. The fourth-order valence-corrected chi connectivity index (χ4v) is 3.80. The van der Waals surface area contributed by atoms with E-state index in [9.17, 15) is 4.79 Å². The lowest BCUT2D eigenvalue weighted by Gasteiger charge is -2.09. The molecule has 1 N–H and O–H groups in total. The van der Waals surface area contributed by atoms with E-state index in [4.69, 9.17) is 0 Å². The predicted molar refractivity (Wildman–Crippen MR) is 91.6 cm³/mol. The van der Waals surface area contributed by atoms with E-state index in [1.165, 1.54) is 4.70 Å². The average molecular weight is 331 g/mol. The van der Waals surface area contributed by atoms with Crippen LogP contribution in [-0.4, -0.2) is 22.4 Å². The molecule has 4 nitrogen and oxygen atoms in total. The van der Waals surface area contributed by atoms with Gasteiger partial charge in [0, 0.05) is 17.8 Å². The van der Waals surface area contributed by atoms with E-state index in [-0.39, 0.29) is 11.8 Å². The van der Waals surface area contributed by atoms with Crippen LogP contribution < -0.4 is 5.32 Å². The molecule has 0 fully saturated rings. The summed E-state index contributed by atoms with van der Waals surface area (Å²) in [5.74, 6) is 0.219. The molecule has 0 bridgehead atoms. The fraction of sp³-hybridized carbons (Fsp3) is 0.312. The largest absolute Gasteiger partial charge is 0.355 e. The van der Waals surface area contributed by atoms with Gasteiger partial charge in [0.15, 0.2) is 0 Å². The molecule has 1 aromatic carbocycles. The molecule has 0 saturated carbocycles. The molecular formula is C16H17N3OS2. The van der Waals surface area contributed by atoms with Gasteiger partial charge in [-0.2, -0.15) is 0 Å². The van der Waals surface area contributed by atoms with E-state index >= 15 is 0 Å². The van der Waals surface area contributed by atoms with Gasteiger partial charge in [-0.1, -0.05) is 19.1 Å². The number of hydrogen-bond donors (Lipinski definition) is 1. The maximum absolute atomic E-state index is 12.0. The number of rotatable bonds is 5. The van der Waals surface area contributed by atoms with Crippen molar-refractivity contribution in [2.24, 2.45) is 0 Å². The normalized spacial score (nSPS) is 12.5. The maximum atomic E-state index is 12.0. The third kappa shape index (κ3) is 3.51. The molecule has 0 radical (unpaired) electrons. The van der Waals surface area contributed by atoms with Crippen molar-refractivity contribution in [2.75, 3.05) is 6.54 Å². The molecule has 0 saturated heterocycles. The molecule has 0 aliphatic carbocycles. The second kappa shape index (κ2) is 6.54. The van der Waals surface area contributed by atoms with E-state index < -0.39 is 0 Å². The van der Waals surface area contributed by atoms with Gasteiger partial charge in [-0.25, -0.2) is 9.97 Å². The number of carbonyl (C=O) groups excluding carboxylic acids is 1. The topological polar surface area (TPSA) is 54.9 Å². The van der Waals surface area contributed by atoms with Crippen LogP contribution in [0.25, 0.3) is 10.2 Å². The summed E-state index contributed by atoms with van der Waals surface area (Å²) in [6, 6.07) is 8.11. The summed E-state index contributed by atoms with van der Waals surface area (Å²) < 4.78 is 1.19. The van der Waals surface area contributed by atoms with Gasteiger partial charge in [0.1, 0.15) is 0 Å². The number of carbonyl (C=O) groups is 1. The number of para-hydroxylation sites is 1. The summed E-state index contributed by atoms with van der Waals surface area (Å²) in [5.41, 5.74) is 1.87. The Hall–Kier alpha value is -1.79. The second-order valence-corrected chi connectivity index (χ2v) is 7.38. The van der Waals surface area contributed by atoms with Gasteiger partial charge in [-0.3, -0.25) is 4.79 Å². The number of nitrogens with one attached hydrogen (secondary N) is 1. The highest BCUT2D eigenvalue weighted by molar-refractivity contribution is 7.18. The quantitative estimate of drug-likeness (QED) is 0.778. The molecule has 2 heterocycles. The van der Waals surface area contributed by atoms with Crippen molar-refractivity contribution >= 4 is 38.8 Å². The molecule has 1 amide bonds. The lowest BCUT2D eigenvalue weighted by atomic mass is 10.2. The Morgan fingerprint density at radius 2 is 2.14 bits per heavy atom. The number of thiazole rings is 2. The minimum Gasteiger partial charge on any atom is -0.355 e. The molecule has 0 aliphatic heterocycles. The number of hydrogen-bond acceptors (Lipinski definition) is 5. The first-order chi connectivity index (χ1) is 10.6. The Bertz CT molecular complexity index is 760. The molecule has 2 aromatic heterocycles. The van der Waals surface area contributed by atoms with Crippen molar-refractivity contribution in [1.82, 2.24) is 15.3 Å². The standard InChI is InChI=1S/C16H17N3OS2/c1-10(16-19-13-5-3-4-6-14(13)22-16)8-17-15(20)7-12-9-21-11(2)18-12/h3-6,9-10H,7-8H2,1-2H3,(H,17,20). The molecule has 22 heavy (non-hydrogen) atoms. The summed E-state index contributed by atoms with van der Waals surface area (Å²) in [5, 5.41) is 6.96. The molecule has 114 valence electrons. The SMILES string of the molecule is Cc1nc(CC(=O)NCC(C)c2nc3ccccc3s2)cs1. The number of aryl methyl sites for hydroxylation is 1. The van der Waals surface area contributed by atoms with Crippen LogP contribution in [0.5, 0.6) is 0 Å². The minimum absolute atomic E-state index is 0.0123. The van der Waals surface area contributed by atoms with Gasteiger partial charge >= 0.3 is 0 Å². The number of nitrogens with zero attached hydrogens (tertiary/aromatic N) is 2. The van der Waals surface area contributed by atoms with Crippen LogP contribution in [0.2, 0.25) is 0 Å². The number of aromatic nitrogens is 2. The van der Waals surface area contributed by atoms with Crippen LogP contribution in [0, 0.1) is 6.92 Å². The smallest absolute Gasteiger partial charge is 0.226 e. The Morgan fingerprint density at radius 1 is 1.32 bits per heavy atom. The van der Waals surface area contributed by atoms with Crippen molar-refractivity contribution in [2.45, 2.75) is 26.2 Å². The van der Waals surface area contributed by atoms with Crippen LogP contribution in [0.3, 0.4) is 0 Å². The van der Waals surface area contributed by atoms with E-state index in [0.29, 0.717) is 13.0 Å². The zero-order valence-corrected chi connectivity index (χ0v) is 14.1. The van der Waals surface area contributed by atoms with E-state index in [0.717, 1.165) is 21.2 Å². The summed E-state index contributed by atoms with van der Waals surface area (Å²) in [6.45, 7) is 4.63. The van der Waals surface area contributed by atoms with Crippen LogP contribution in [0.15, 0.2) is 29.6 Å². The molecule has 0 spiro atoms. The van der Waals surface area contributed by atoms with Gasteiger partial charge in [-0.15, -0.1) is 22.7 Å². The summed E-state index contributed by atoms with van der Waals surface area (Å²) in [6.07, 6.45) is 0.344. The number of benzene rings is 1. The van der Waals surface area contributed by atoms with Crippen molar-refractivity contribution in [1.29, 1.82) is 0 Å². The number of fused-ring (bicyclic) bond motifs is 1. The second-order valence-electron chi connectivity index (χ2n) is 5.26. The monoisotopic (exact) mass is 331 g/mol. The Morgan fingerprint density at radius 3 is 2.86 bits per heavy atom. The zero-order chi connectivity index (χ0) is 15.5. The molecule has 1 atom stereocenters. The molecule has 3 rings (SSSR count). The minimum atomic E-state index is 0.0123. The van der Waals surface area contributed by atoms with Crippen molar-refractivity contribution in [3.05, 3.63) is 45.4 Å². The average Bonchev–Trinajstić information content (AvgIpc) is 3.10. The summed E-state index contributed by atoms with van der Waals surface area (Å²) in [7, 11) is 0. The Kier molecular flexibility index (Phi) is 4.49. The summed E-state index contributed by atoms with van der Waals surface area (Å²) in [4.78, 5) is 20.9. The van der Waals surface area contributed by atoms with Gasteiger partial charge in [-0.05, 0) is 19.1 Å². The highest BCUT2D eigenvalue weighted by atomic mass is 32.1. The molecule has 3 aromatic rings. The Labute approximate surface area is 137 Å². The highest BCUT2D eigenvalue weighted by Crippen LogP contribution is 2.26. The van der Waals surface area contributed by atoms with E-state index in [2.05, 4.69) is 28.3 Å². The molecule has 0 aliphatic rings. The van der Waals surface area contributed by atoms with Crippen molar-refractivity contribution < 1.29 is 4.79 Å². The van der Waals surface area contributed by atoms with Crippen molar-refractivity contribution in [3.63, 3.8) is 0 Å². The number of amides is 1. The molecule has 1 unspecified atom stereocenters. The van der Waals surface area contributed by atoms with Crippen LogP contribution in [-0.2, 0) is 11.2 Å². The van der Waals surface area contributed by atoms with Gasteiger partial charge < -0.3 is 5.32 Å². The Balaban J connectivity index is 1.57.